The Bertz CT molecular complexity index is 2630. The molecule has 0 aliphatic heterocycles. The van der Waals surface area contributed by atoms with Crippen molar-refractivity contribution >= 4 is 39.5 Å². The number of aliphatic hydroxyl groups is 1. The maximum Gasteiger partial charge on any atom is 0.472 e. The fourth-order valence-electron chi connectivity index (χ4n) is 10.4. The van der Waals surface area contributed by atoms with E-state index in [2.05, 4.69) is 167 Å². The Labute approximate surface area is 642 Å². The number of aliphatic hydroxyl groups excluding tert-OH is 1. The van der Waals surface area contributed by atoms with Crippen LogP contribution in [-0.2, 0) is 65.4 Å². The monoisotopic (exact) mass is 1520 g/mol. The van der Waals surface area contributed by atoms with E-state index in [1.807, 2.05) is 18.2 Å². The largest absolute Gasteiger partial charge is 0.472 e. The minimum Gasteiger partial charge on any atom is -0.462 e. The topological polar surface area (TPSA) is 237 Å². The van der Waals surface area contributed by atoms with Crippen molar-refractivity contribution in [3.8, 4) is 0 Å². The van der Waals surface area contributed by atoms with Gasteiger partial charge in [0.1, 0.15) is 19.3 Å². The minimum absolute atomic E-state index is 0.0331. The molecule has 5 atom stereocenters. The molecule has 0 aromatic carbocycles. The molecule has 17 nitrogen and oxygen atoms in total. The number of allylic oxidation sites excluding steroid dienone is 26. The van der Waals surface area contributed by atoms with Crippen molar-refractivity contribution in [3.05, 3.63) is 158 Å². The lowest BCUT2D eigenvalue weighted by Gasteiger charge is -2.21. The average Bonchev–Trinajstić information content (AvgIpc) is 0.901. The van der Waals surface area contributed by atoms with E-state index in [4.69, 9.17) is 37.0 Å². The molecular weight excluding hydrogens is 1380 g/mol. The zero-order valence-corrected chi connectivity index (χ0v) is 67.8. The summed E-state index contributed by atoms with van der Waals surface area (Å²) in [5, 5.41) is 10.6. The molecular formula is C87H144O17P2. The smallest absolute Gasteiger partial charge is 0.462 e. The fraction of sp³-hybridized carbons (Fsp3) is 0.655. The molecule has 0 rings (SSSR count). The highest BCUT2D eigenvalue weighted by Gasteiger charge is 2.30. The van der Waals surface area contributed by atoms with Gasteiger partial charge >= 0.3 is 39.5 Å². The van der Waals surface area contributed by atoms with E-state index in [1.165, 1.54) is 70.6 Å². The van der Waals surface area contributed by atoms with Gasteiger partial charge in [0.05, 0.1) is 26.4 Å². The summed E-state index contributed by atoms with van der Waals surface area (Å²) in [4.78, 5) is 73.0. The highest BCUT2D eigenvalue weighted by atomic mass is 31.2. The Kier molecular flexibility index (Phi) is 73.9. The van der Waals surface area contributed by atoms with Crippen LogP contribution in [0.5, 0.6) is 0 Å². The standard InChI is InChI=1S/C87H144O17P2/c1-5-9-13-17-21-25-29-33-36-38-40-42-45-48-51-55-59-63-67-71-84(89)97-77-82(103-86(91)73-69-65-61-57-53-47-32-28-24-20-16-12-8-4)79-101-105(93,94)99-75-81(88)76-100-106(95,96)102-80-83(104-87(92)74-70-66-62-58-54-50-44-35-31-27-23-19-15-11-7-3)78-98-85(90)72-68-64-60-56-52-49-46-43-41-39-37-34-30-26-22-18-14-10-6-2/h9-10,13-14,21-23,25-27,33-37,40-44,48-49,51-52,59,63,81-83,88H,5-8,11-12,15-20,24,28-32,38-39,45-47,50,53-58,60-62,64-80H2,1-4H3,(H,93,94)(H,95,96)/b13-9-,14-10-,25-21-,26-22-,27-23-,36-33-,37-34-,42-40-,43-41-,44-35-,51-48-,52-49-,63-59-. The van der Waals surface area contributed by atoms with E-state index in [1.54, 1.807) is 0 Å². The Morgan fingerprint density at radius 3 is 0.840 bits per heavy atom. The van der Waals surface area contributed by atoms with Gasteiger partial charge in [-0.15, -0.1) is 0 Å². The van der Waals surface area contributed by atoms with Gasteiger partial charge in [-0.05, 0) is 141 Å². The maximum absolute atomic E-state index is 13.1. The van der Waals surface area contributed by atoms with E-state index in [0.29, 0.717) is 32.1 Å². The van der Waals surface area contributed by atoms with Gasteiger partial charge in [-0.3, -0.25) is 37.3 Å². The molecule has 0 spiro atoms. The number of carbonyl (C=O) groups excluding carboxylic acids is 4. The molecule has 0 amide bonds. The summed E-state index contributed by atoms with van der Waals surface area (Å²) in [7, 11) is -10.00. The van der Waals surface area contributed by atoms with Crippen LogP contribution in [0, 0.1) is 0 Å². The van der Waals surface area contributed by atoms with Crippen molar-refractivity contribution in [1.29, 1.82) is 0 Å². The lowest BCUT2D eigenvalue weighted by Crippen LogP contribution is -2.30. The fourth-order valence-corrected chi connectivity index (χ4v) is 11.9. The predicted octanol–water partition coefficient (Wildman–Crippen LogP) is 24.0. The number of phosphoric acid groups is 2. The minimum atomic E-state index is -5.00. The first-order valence-corrected chi connectivity index (χ1v) is 43.7. The third kappa shape index (κ3) is 76.9. The molecule has 0 bridgehead atoms. The number of phosphoric ester groups is 2. The number of ether oxygens (including phenoxy) is 4. The number of esters is 4. The van der Waals surface area contributed by atoms with Crippen molar-refractivity contribution in [1.82, 2.24) is 0 Å². The first-order valence-electron chi connectivity index (χ1n) is 40.7. The lowest BCUT2D eigenvalue weighted by atomic mass is 10.0. The molecule has 0 saturated carbocycles. The summed E-state index contributed by atoms with van der Waals surface area (Å²) in [5.41, 5.74) is 0. The van der Waals surface area contributed by atoms with Crippen molar-refractivity contribution in [2.24, 2.45) is 0 Å². The first kappa shape index (κ1) is 101. The van der Waals surface area contributed by atoms with Crippen molar-refractivity contribution in [3.63, 3.8) is 0 Å². The number of hydrogen-bond acceptors (Lipinski definition) is 15. The molecule has 0 radical (unpaired) electrons. The van der Waals surface area contributed by atoms with Gasteiger partial charge in [0.2, 0.25) is 0 Å². The highest BCUT2D eigenvalue weighted by Crippen LogP contribution is 2.45. The molecule has 106 heavy (non-hydrogen) atoms. The maximum atomic E-state index is 13.1. The lowest BCUT2D eigenvalue weighted by molar-refractivity contribution is -0.161. The van der Waals surface area contributed by atoms with Crippen LogP contribution in [0.1, 0.15) is 310 Å². The van der Waals surface area contributed by atoms with E-state index < -0.39 is 97.5 Å². The molecule has 0 heterocycles. The second kappa shape index (κ2) is 77.8. The molecule has 0 fully saturated rings. The Morgan fingerprint density at radius 2 is 0.509 bits per heavy atom. The number of rotatable bonds is 75. The van der Waals surface area contributed by atoms with Gasteiger partial charge in [0.25, 0.3) is 0 Å². The number of carbonyl (C=O) groups is 4. The zero-order chi connectivity index (χ0) is 77.4. The van der Waals surface area contributed by atoms with Gasteiger partial charge in [-0.25, -0.2) is 9.13 Å². The van der Waals surface area contributed by atoms with Gasteiger partial charge in [-0.1, -0.05) is 301 Å². The third-order valence-corrected chi connectivity index (χ3v) is 18.4. The van der Waals surface area contributed by atoms with E-state index in [0.717, 1.165) is 154 Å². The Hall–Kier alpha value is -5.32. The summed E-state index contributed by atoms with van der Waals surface area (Å²) in [6.07, 6.45) is 90.9. The average molecular weight is 1520 g/mol. The molecule has 604 valence electrons. The second-order valence-corrected chi connectivity index (χ2v) is 29.5. The van der Waals surface area contributed by atoms with Crippen molar-refractivity contribution in [2.45, 2.75) is 329 Å². The first-order chi connectivity index (χ1) is 51.7. The van der Waals surface area contributed by atoms with Crippen LogP contribution in [0.15, 0.2) is 158 Å². The molecule has 0 saturated heterocycles. The summed E-state index contributed by atoms with van der Waals surface area (Å²) in [5.74, 6) is -2.33. The Morgan fingerprint density at radius 1 is 0.274 bits per heavy atom. The van der Waals surface area contributed by atoms with Gasteiger partial charge in [0.15, 0.2) is 12.2 Å². The molecule has 0 aliphatic carbocycles. The molecule has 0 aromatic heterocycles. The molecule has 0 aromatic rings. The predicted molar refractivity (Wildman–Crippen MR) is 436 cm³/mol. The van der Waals surface area contributed by atoms with Crippen LogP contribution in [0.4, 0.5) is 0 Å². The van der Waals surface area contributed by atoms with E-state index in [9.17, 15) is 43.2 Å². The number of hydrogen-bond donors (Lipinski definition) is 3. The van der Waals surface area contributed by atoms with Gasteiger partial charge < -0.3 is 33.8 Å². The van der Waals surface area contributed by atoms with Gasteiger partial charge in [-0.2, -0.15) is 0 Å². The van der Waals surface area contributed by atoms with E-state index >= 15 is 0 Å². The molecule has 0 aliphatic rings. The summed E-state index contributed by atoms with van der Waals surface area (Å²) >= 11 is 0. The molecule has 5 unspecified atom stereocenters. The summed E-state index contributed by atoms with van der Waals surface area (Å²) in [6, 6.07) is 0. The van der Waals surface area contributed by atoms with Crippen LogP contribution in [0.25, 0.3) is 0 Å². The molecule has 19 heteroatoms. The van der Waals surface area contributed by atoms with Crippen LogP contribution < -0.4 is 0 Å². The Balaban J connectivity index is 5.46. The molecule has 3 N–H and O–H groups in total. The summed E-state index contributed by atoms with van der Waals surface area (Å²) in [6.45, 7) is 4.49. The van der Waals surface area contributed by atoms with Crippen molar-refractivity contribution in [2.75, 3.05) is 39.6 Å². The quantitative estimate of drug-likeness (QED) is 0.0169. The third-order valence-electron chi connectivity index (χ3n) is 16.5. The summed E-state index contributed by atoms with van der Waals surface area (Å²) < 4.78 is 68.5. The number of unbranched alkanes of at least 4 members (excludes halogenated alkanes) is 23. The normalized spacial score (nSPS) is 14.7. The SMILES string of the molecule is CC/C=C\C/C=C\C/C=C\C/C=C\C/C=C\C/C=C\CCC(=O)OCC(COP(=O)(O)OCC(O)COP(=O)(O)OCC(COC(=O)CCCCC/C=C\C/C=C\C/C=C\C/C=C\C/C=C\CC)OC(=O)CCCCCCC/C=C\C/C=C\CCCCC)OC(=O)CCCCCCCCCCCCCCC. The van der Waals surface area contributed by atoms with Gasteiger partial charge in [0, 0.05) is 25.7 Å². The highest BCUT2D eigenvalue weighted by molar-refractivity contribution is 7.47. The van der Waals surface area contributed by atoms with E-state index in [-0.39, 0.29) is 25.7 Å². The van der Waals surface area contributed by atoms with Crippen LogP contribution in [0.3, 0.4) is 0 Å². The second-order valence-electron chi connectivity index (χ2n) is 26.6. The van der Waals surface area contributed by atoms with Crippen LogP contribution in [-0.4, -0.2) is 96.7 Å². The van der Waals surface area contributed by atoms with Crippen LogP contribution in [0.2, 0.25) is 0 Å². The zero-order valence-electron chi connectivity index (χ0n) is 66.1. The van der Waals surface area contributed by atoms with Crippen LogP contribution >= 0.6 is 15.6 Å². The van der Waals surface area contributed by atoms with Crippen molar-refractivity contribution < 1.29 is 80.2 Å².